The van der Waals surface area contributed by atoms with E-state index in [0.717, 1.165) is 0 Å². The van der Waals surface area contributed by atoms with Gasteiger partial charge in [-0.3, -0.25) is 9.98 Å². The Hall–Kier alpha value is -1.23. The van der Waals surface area contributed by atoms with Gasteiger partial charge < -0.3 is 10.5 Å². The molecule has 0 bridgehead atoms. The molecule has 2 aliphatic heterocycles. The molecule has 0 aromatic rings. The Morgan fingerprint density at radius 3 is 3.18 bits per heavy atom. The van der Waals surface area contributed by atoms with Crippen LogP contribution in [-0.4, -0.2) is 37.3 Å². The van der Waals surface area contributed by atoms with E-state index in [1.54, 1.807) is 12.4 Å². The molecule has 0 amide bonds. The second-order valence-electron chi connectivity index (χ2n) is 2.33. The van der Waals surface area contributed by atoms with Crippen LogP contribution >= 0.6 is 0 Å². The van der Waals surface area contributed by atoms with Crippen LogP contribution in [-0.2, 0) is 4.74 Å². The fraction of sp³-hybridized carbons (Fsp3) is 0.500. The number of nitrogens with two attached hydrogens (primary N) is 1. The van der Waals surface area contributed by atoms with Crippen LogP contribution in [0.4, 0.5) is 0 Å². The van der Waals surface area contributed by atoms with Gasteiger partial charge in [-0.2, -0.15) is 0 Å². The first kappa shape index (κ1) is 6.48. The molecule has 2 N–H and O–H groups in total. The summed E-state index contributed by atoms with van der Waals surface area (Å²) in [6.45, 7) is 0.355. The first-order valence-corrected chi connectivity index (χ1v) is 3.35. The molecule has 2 atom stereocenters. The Morgan fingerprint density at radius 1 is 1.45 bits per heavy atom. The largest absolute Gasteiger partial charge is 0.385 e. The van der Waals surface area contributed by atoms with E-state index in [0.29, 0.717) is 12.4 Å². The lowest BCUT2D eigenvalue weighted by atomic mass is 10.3. The van der Waals surface area contributed by atoms with Crippen molar-refractivity contribution in [2.45, 2.75) is 12.4 Å². The summed E-state index contributed by atoms with van der Waals surface area (Å²) >= 11 is 0. The van der Waals surface area contributed by atoms with E-state index < -0.39 is 0 Å². The molecule has 0 aromatic heterocycles. The molecule has 0 aromatic carbocycles. The molecular weight excluding hydrogens is 144 g/mol. The highest BCUT2D eigenvalue weighted by Crippen LogP contribution is 2.12. The zero-order valence-electron chi connectivity index (χ0n) is 5.84. The van der Waals surface area contributed by atoms with Crippen molar-refractivity contribution in [1.82, 2.24) is 0 Å². The predicted octanol–water partition coefficient (Wildman–Crippen LogP) is -0.819. The van der Waals surface area contributed by atoms with E-state index >= 15 is 0 Å². The Balaban J connectivity index is 2.22. The molecule has 0 spiro atoms. The summed E-state index contributed by atoms with van der Waals surface area (Å²) in [7, 11) is 0. The van der Waals surface area contributed by atoms with Crippen LogP contribution in [0.5, 0.6) is 0 Å². The van der Waals surface area contributed by atoms with E-state index in [1.807, 2.05) is 0 Å². The highest BCUT2D eigenvalue weighted by atomic mass is 16.5. The van der Waals surface area contributed by atoms with E-state index in [1.165, 1.54) is 0 Å². The van der Waals surface area contributed by atoms with Crippen LogP contribution in [0, 0.1) is 0 Å². The molecular formula is C6H8N4O. The lowest BCUT2D eigenvalue weighted by Gasteiger charge is -2.24. The number of ether oxygens (including phenoxy) is 1. The van der Waals surface area contributed by atoms with E-state index in [-0.39, 0.29) is 12.4 Å². The molecule has 0 saturated carbocycles. The number of nitrogens with zero attached hydrogens (tertiary/aromatic N) is 3. The van der Waals surface area contributed by atoms with Crippen molar-refractivity contribution in [3.05, 3.63) is 0 Å². The topological polar surface area (TPSA) is 72.3 Å². The normalized spacial score (nSPS) is 34.7. The summed E-state index contributed by atoms with van der Waals surface area (Å²) in [4.78, 5) is 12.1. The maximum atomic E-state index is 5.44. The second-order valence-corrected chi connectivity index (χ2v) is 2.33. The van der Waals surface area contributed by atoms with Crippen molar-refractivity contribution >= 4 is 18.3 Å². The Kier molecular flexibility index (Phi) is 1.43. The van der Waals surface area contributed by atoms with Crippen LogP contribution in [0.15, 0.2) is 15.0 Å². The smallest absolute Gasteiger partial charge is 0.190 e. The molecule has 5 heteroatoms. The van der Waals surface area contributed by atoms with Crippen molar-refractivity contribution in [1.29, 1.82) is 0 Å². The summed E-state index contributed by atoms with van der Waals surface area (Å²) in [5.41, 5.74) is 5.44. The Bertz CT molecular complexity index is 245. The summed E-state index contributed by atoms with van der Waals surface area (Å²) in [6, 6.07) is 0. The quantitative estimate of drug-likeness (QED) is 0.492. The summed E-state index contributed by atoms with van der Waals surface area (Å²) < 4.78 is 5.23. The maximum Gasteiger partial charge on any atom is 0.190 e. The second kappa shape index (κ2) is 2.43. The molecule has 2 rings (SSSR count). The average Bonchev–Trinajstić information content (AvgIpc) is 2.04. The minimum Gasteiger partial charge on any atom is -0.385 e. The molecule has 2 aliphatic rings. The average molecular weight is 152 g/mol. The predicted molar refractivity (Wildman–Crippen MR) is 42.1 cm³/mol. The van der Waals surface area contributed by atoms with Crippen LogP contribution in [0.3, 0.4) is 0 Å². The van der Waals surface area contributed by atoms with E-state index in [9.17, 15) is 0 Å². The van der Waals surface area contributed by atoms with Gasteiger partial charge in [0.1, 0.15) is 12.4 Å². The van der Waals surface area contributed by atoms with Crippen LogP contribution in [0.1, 0.15) is 0 Å². The van der Waals surface area contributed by atoms with Gasteiger partial charge in [0.25, 0.3) is 0 Å². The fourth-order valence-corrected chi connectivity index (χ4v) is 1.00. The Morgan fingerprint density at radius 2 is 2.27 bits per heavy atom. The third-order valence-corrected chi connectivity index (χ3v) is 1.49. The van der Waals surface area contributed by atoms with Gasteiger partial charge >= 0.3 is 0 Å². The molecule has 0 fully saturated rings. The number of rotatable bonds is 0. The molecule has 0 radical (unpaired) electrons. The first-order valence-electron chi connectivity index (χ1n) is 3.35. The van der Waals surface area contributed by atoms with Crippen molar-refractivity contribution in [3.8, 4) is 0 Å². The Labute approximate surface area is 63.7 Å². The molecule has 0 saturated heterocycles. The van der Waals surface area contributed by atoms with Crippen molar-refractivity contribution in [2.24, 2.45) is 20.7 Å². The monoisotopic (exact) mass is 152 g/mol. The van der Waals surface area contributed by atoms with Gasteiger partial charge in [-0.05, 0) is 0 Å². The van der Waals surface area contributed by atoms with Crippen molar-refractivity contribution in [3.63, 3.8) is 0 Å². The number of fused-ring (bicyclic) bond motifs is 1. The van der Waals surface area contributed by atoms with Gasteiger partial charge in [0.05, 0.1) is 0 Å². The summed E-state index contributed by atoms with van der Waals surface area (Å²) in [6.07, 6.45) is 2.70. The first-order chi connectivity index (χ1) is 5.36. The van der Waals surface area contributed by atoms with Crippen molar-refractivity contribution in [2.75, 3.05) is 6.61 Å². The van der Waals surface area contributed by atoms with Gasteiger partial charge in [-0.1, -0.05) is 0 Å². The maximum absolute atomic E-state index is 5.44. The zero-order chi connectivity index (χ0) is 7.68. The number of aliphatic imine (C=N–C) groups is 3. The van der Waals surface area contributed by atoms with Gasteiger partial charge in [0, 0.05) is 12.4 Å². The summed E-state index contributed by atoms with van der Waals surface area (Å²) in [5, 5.41) is 0. The SMILES string of the molecule is NC1=NC2N=CC=NC2OC1. The molecule has 2 heterocycles. The highest BCUT2D eigenvalue weighted by Gasteiger charge is 2.25. The van der Waals surface area contributed by atoms with Gasteiger partial charge in [0.15, 0.2) is 12.4 Å². The minimum atomic E-state index is -0.257. The zero-order valence-corrected chi connectivity index (χ0v) is 5.84. The number of amidine groups is 1. The van der Waals surface area contributed by atoms with Crippen LogP contribution < -0.4 is 5.73 Å². The number of hydrogen-bond acceptors (Lipinski definition) is 5. The van der Waals surface area contributed by atoms with E-state index in [2.05, 4.69) is 15.0 Å². The molecule has 11 heavy (non-hydrogen) atoms. The molecule has 5 nitrogen and oxygen atoms in total. The molecule has 0 aliphatic carbocycles. The highest BCUT2D eigenvalue weighted by molar-refractivity contribution is 6.16. The molecule has 2 unspecified atom stereocenters. The van der Waals surface area contributed by atoms with Crippen LogP contribution in [0.25, 0.3) is 0 Å². The fourth-order valence-electron chi connectivity index (χ4n) is 1.00. The lowest BCUT2D eigenvalue weighted by molar-refractivity contribution is 0.0595. The minimum absolute atomic E-state index is 0.256. The number of hydrogen-bond donors (Lipinski definition) is 1. The van der Waals surface area contributed by atoms with Gasteiger partial charge in [-0.15, -0.1) is 0 Å². The third kappa shape index (κ3) is 1.14. The standard InChI is InChI=1S/C6H8N4O/c7-4-3-11-6-5(10-4)8-1-2-9-6/h1-2,5-6H,3H2,(H2,7,10). The third-order valence-electron chi connectivity index (χ3n) is 1.49. The van der Waals surface area contributed by atoms with Gasteiger partial charge in [0.2, 0.25) is 0 Å². The van der Waals surface area contributed by atoms with Gasteiger partial charge in [-0.25, -0.2) is 4.99 Å². The molecule has 58 valence electrons. The lowest BCUT2D eigenvalue weighted by Crippen LogP contribution is -2.38. The van der Waals surface area contributed by atoms with E-state index in [4.69, 9.17) is 10.5 Å². The van der Waals surface area contributed by atoms with Crippen LogP contribution in [0.2, 0.25) is 0 Å². The van der Waals surface area contributed by atoms with Crippen molar-refractivity contribution < 1.29 is 4.74 Å². The summed E-state index contributed by atoms with van der Waals surface area (Å²) in [5.74, 6) is 0.487.